The van der Waals surface area contributed by atoms with E-state index in [1.54, 1.807) is 11.6 Å². The number of nitrogens with two attached hydrogens (primary N) is 1. The van der Waals surface area contributed by atoms with Crippen LogP contribution in [0.1, 0.15) is 43.6 Å². The topological polar surface area (TPSA) is 43.8 Å². The van der Waals surface area contributed by atoms with Crippen LogP contribution >= 0.6 is 0 Å². The number of halogens is 3. The number of aryl methyl sites for hydroxylation is 1. The summed E-state index contributed by atoms with van der Waals surface area (Å²) in [5.41, 5.74) is 6.38. The second kappa shape index (κ2) is 5.44. The van der Waals surface area contributed by atoms with E-state index < -0.39 is 11.7 Å². The molecule has 2 aromatic rings. The van der Waals surface area contributed by atoms with E-state index in [0.717, 1.165) is 31.4 Å². The van der Waals surface area contributed by atoms with Crippen LogP contribution in [-0.4, -0.2) is 9.55 Å². The highest BCUT2D eigenvalue weighted by molar-refractivity contribution is 5.77. The standard InChI is InChI=1S/C14H18F3N3/c1-3-4-5-10(18)13-19-11-8-9(14(15,16)17)6-7-12(11)20(13)2/h6-8,10H,3-5,18H2,1-2H3. The van der Waals surface area contributed by atoms with Gasteiger partial charge in [-0.3, -0.25) is 0 Å². The Bertz CT molecular complexity index is 601. The fourth-order valence-electron chi connectivity index (χ4n) is 2.28. The summed E-state index contributed by atoms with van der Waals surface area (Å²) in [6, 6.07) is 3.35. The molecule has 0 amide bonds. The molecule has 2 rings (SSSR count). The molecule has 0 aliphatic rings. The summed E-state index contributed by atoms with van der Waals surface area (Å²) in [4.78, 5) is 4.28. The van der Waals surface area contributed by atoms with Crippen molar-refractivity contribution in [3.05, 3.63) is 29.6 Å². The van der Waals surface area contributed by atoms with Crippen molar-refractivity contribution in [3.63, 3.8) is 0 Å². The third kappa shape index (κ3) is 2.80. The number of hydrogen-bond acceptors (Lipinski definition) is 2. The van der Waals surface area contributed by atoms with E-state index in [-0.39, 0.29) is 6.04 Å². The van der Waals surface area contributed by atoms with E-state index in [9.17, 15) is 13.2 Å². The van der Waals surface area contributed by atoms with Gasteiger partial charge in [-0.05, 0) is 24.6 Å². The summed E-state index contributed by atoms with van der Waals surface area (Å²) < 4.78 is 39.8. The summed E-state index contributed by atoms with van der Waals surface area (Å²) in [5, 5.41) is 0. The maximum absolute atomic E-state index is 12.7. The minimum absolute atomic E-state index is 0.248. The van der Waals surface area contributed by atoms with Crippen molar-refractivity contribution in [2.24, 2.45) is 12.8 Å². The number of aromatic nitrogens is 2. The van der Waals surface area contributed by atoms with E-state index >= 15 is 0 Å². The zero-order valence-electron chi connectivity index (χ0n) is 11.5. The number of rotatable bonds is 4. The normalized spacial score (nSPS) is 13.9. The number of benzene rings is 1. The smallest absolute Gasteiger partial charge is 0.330 e. The number of hydrogen-bond donors (Lipinski definition) is 1. The third-order valence-corrected chi connectivity index (χ3v) is 3.44. The number of nitrogens with zero attached hydrogens (tertiary/aromatic N) is 2. The second-order valence-corrected chi connectivity index (χ2v) is 4.98. The van der Waals surface area contributed by atoms with E-state index in [1.165, 1.54) is 6.07 Å². The molecule has 0 bridgehead atoms. The molecule has 6 heteroatoms. The van der Waals surface area contributed by atoms with Gasteiger partial charge in [0.05, 0.1) is 22.6 Å². The molecular formula is C14H18F3N3. The first-order valence-electron chi connectivity index (χ1n) is 6.63. The monoisotopic (exact) mass is 285 g/mol. The molecule has 0 spiro atoms. The number of alkyl halides is 3. The molecule has 1 heterocycles. The van der Waals surface area contributed by atoms with Crippen molar-refractivity contribution in [1.29, 1.82) is 0 Å². The van der Waals surface area contributed by atoms with Crippen molar-refractivity contribution in [1.82, 2.24) is 9.55 Å². The van der Waals surface area contributed by atoms with Crippen LogP contribution in [0.2, 0.25) is 0 Å². The minimum atomic E-state index is -4.35. The predicted octanol–water partition coefficient (Wildman–Crippen LogP) is 3.78. The zero-order chi connectivity index (χ0) is 14.9. The first kappa shape index (κ1) is 14.8. The molecule has 0 fully saturated rings. The van der Waals surface area contributed by atoms with Gasteiger partial charge in [-0.15, -0.1) is 0 Å². The van der Waals surface area contributed by atoms with Gasteiger partial charge in [0.1, 0.15) is 5.82 Å². The molecule has 0 saturated heterocycles. The molecule has 0 radical (unpaired) electrons. The Labute approximate surface area is 115 Å². The zero-order valence-corrected chi connectivity index (χ0v) is 11.5. The van der Waals surface area contributed by atoms with Crippen molar-refractivity contribution in [2.75, 3.05) is 0 Å². The summed E-state index contributed by atoms with van der Waals surface area (Å²) in [6.45, 7) is 2.07. The molecule has 0 aliphatic carbocycles. The molecule has 1 atom stereocenters. The fourth-order valence-corrected chi connectivity index (χ4v) is 2.28. The molecule has 1 aromatic carbocycles. The molecule has 2 N–H and O–H groups in total. The van der Waals surface area contributed by atoms with E-state index in [1.807, 2.05) is 0 Å². The van der Waals surface area contributed by atoms with Crippen LogP contribution in [0.15, 0.2) is 18.2 Å². The van der Waals surface area contributed by atoms with Crippen LogP contribution in [-0.2, 0) is 13.2 Å². The average molecular weight is 285 g/mol. The molecule has 20 heavy (non-hydrogen) atoms. The first-order valence-corrected chi connectivity index (χ1v) is 6.63. The molecule has 3 nitrogen and oxygen atoms in total. The predicted molar refractivity (Wildman–Crippen MR) is 72.2 cm³/mol. The maximum Gasteiger partial charge on any atom is 0.416 e. The lowest BCUT2D eigenvalue weighted by Gasteiger charge is -2.10. The maximum atomic E-state index is 12.7. The molecule has 1 unspecified atom stereocenters. The van der Waals surface area contributed by atoms with Gasteiger partial charge < -0.3 is 10.3 Å². The van der Waals surface area contributed by atoms with Gasteiger partial charge >= 0.3 is 6.18 Å². The van der Waals surface area contributed by atoms with E-state index in [0.29, 0.717) is 16.9 Å². The highest BCUT2D eigenvalue weighted by atomic mass is 19.4. The first-order chi connectivity index (χ1) is 9.34. The summed E-state index contributed by atoms with van der Waals surface area (Å²) >= 11 is 0. The van der Waals surface area contributed by atoms with Gasteiger partial charge in [-0.1, -0.05) is 19.8 Å². The molecule has 1 aromatic heterocycles. The van der Waals surface area contributed by atoms with Crippen LogP contribution < -0.4 is 5.73 Å². The van der Waals surface area contributed by atoms with Crippen molar-refractivity contribution in [3.8, 4) is 0 Å². The highest BCUT2D eigenvalue weighted by Gasteiger charge is 2.31. The Balaban J connectivity index is 2.42. The molecule has 110 valence electrons. The van der Waals surface area contributed by atoms with Crippen LogP contribution in [0.5, 0.6) is 0 Å². The summed E-state index contributed by atoms with van der Waals surface area (Å²) in [7, 11) is 1.78. The molecule has 0 aliphatic heterocycles. The van der Waals surface area contributed by atoms with Crippen molar-refractivity contribution in [2.45, 2.75) is 38.4 Å². The van der Waals surface area contributed by atoms with Gasteiger partial charge in [0.15, 0.2) is 0 Å². The minimum Gasteiger partial charge on any atom is -0.330 e. The van der Waals surface area contributed by atoms with Gasteiger partial charge in [0.2, 0.25) is 0 Å². The van der Waals surface area contributed by atoms with E-state index in [2.05, 4.69) is 11.9 Å². The molecule has 0 saturated carbocycles. The van der Waals surface area contributed by atoms with Crippen LogP contribution in [0, 0.1) is 0 Å². The largest absolute Gasteiger partial charge is 0.416 e. The average Bonchev–Trinajstić information content (AvgIpc) is 2.72. The van der Waals surface area contributed by atoms with Gasteiger partial charge in [-0.2, -0.15) is 13.2 Å². The summed E-state index contributed by atoms with van der Waals surface area (Å²) in [6.07, 6.45) is -1.58. The van der Waals surface area contributed by atoms with Gasteiger partial charge in [0.25, 0.3) is 0 Å². The lowest BCUT2D eigenvalue weighted by atomic mass is 10.1. The quantitative estimate of drug-likeness (QED) is 0.929. The van der Waals surface area contributed by atoms with E-state index in [4.69, 9.17) is 5.73 Å². The lowest BCUT2D eigenvalue weighted by Crippen LogP contribution is -2.15. The summed E-state index contributed by atoms with van der Waals surface area (Å²) in [5.74, 6) is 0.632. The van der Waals surface area contributed by atoms with Gasteiger partial charge in [0, 0.05) is 7.05 Å². The Kier molecular flexibility index (Phi) is 4.04. The highest BCUT2D eigenvalue weighted by Crippen LogP contribution is 2.32. The van der Waals surface area contributed by atoms with Crippen LogP contribution in [0.3, 0.4) is 0 Å². The van der Waals surface area contributed by atoms with Crippen LogP contribution in [0.4, 0.5) is 13.2 Å². The van der Waals surface area contributed by atoms with Crippen molar-refractivity contribution < 1.29 is 13.2 Å². The number of unbranched alkanes of at least 4 members (excludes halogenated alkanes) is 1. The Morgan fingerprint density at radius 1 is 1.35 bits per heavy atom. The third-order valence-electron chi connectivity index (χ3n) is 3.44. The fraction of sp³-hybridized carbons (Fsp3) is 0.500. The lowest BCUT2D eigenvalue weighted by molar-refractivity contribution is -0.137. The Morgan fingerprint density at radius 3 is 2.65 bits per heavy atom. The van der Waals surface area contributed by atoms with Gasteiger partial charge in [-0.25, -0.2) is 4.98 Å². The Hall–Kier alpha value is -1.56. The number of imidazole rings is 1. The van der Waals surface area contributed by atoms with Crippen LogP contribution in [0.25, 0.3) is 11.0 Å². The Morgan fingerprint density at radius 2 is 2.05 bits per heavy atom. The number of fused-ring (bicyclic) bond motifs is 1. The second-order valence-electron chi connectivity index (χ2n) is 4.98. The van der Waals surface area contributed by atoms with Crippen molar-refractivity contribution >= 4 is 11.0 Å². The molecular weight excluding hydrogens is 267 g/mol. The SMILES string of the molecule is CCCCC(N)c1nc2cc(C(F)(F)F)ccc2n1C.